The maximum Gasteiger partial charge on any atom is 0.255 e. The molecule has 0 radical (unpaired) electrons. The minimum absolute atomic E-state index is 0.156. The number of hydrogen-bond acceptors (Lipinski definition) is 4. The average Bonchev–Trinajstić information content (AvgIpc) is 3.44. The number of hydrogen-bond donors (Lipinski definition) is 1. The largest absolute Gasteiger partial charge is 0.496 e. The molecule has 30 heavy (non-hydrogen) atoms. The molecule has 2 aromatic carbocycles. The van der Waals surface area contributed by atoms with Crippen molar-refractivity contribution in [2.75, 3.05) is 7.11 Å². The van der Waals surface area contributed by atoms with Gasteiger partial charge in [0.2, 0.25) is 0 Å². The topological polar surface area (TPSA) is 56.1 Å². The number of amides is 1. The van der Waals surface area contributed by atoms with Crippen molar-refractivity contribution in [1.82, 2.24) is 15.1 Å². The van der Waals surface area contributed by atoms with Crippen molar-refractivity contribution in [3.8, 4) is 16.3 Å². The molecule has 0 fully saturated rings. The van der Waals surface area contributed by atoms with Crippen LogP contribution in [-0.4, -0.2) is 22.8 Å². The Kier molecular flexibility index (Phi) is 5.95. The summed E-state index contributed by atoms with van der Waals surface area (Å²) in [6, 6.07) is 21.6. The van der Waals surface area contributed by atoms with Crippen LogP contribution in [0.4, 0.5) is 0 Å². The van der Waals surface area contributed by atoms with Gasteiger partial charge >= 0.3 is 0 Å². The second kappa shape index (κ2) is 8.97. The smallest absolute Gasteiger partial charge is 0.255 e. The average molecular weight is 418 g/mol. The first kappa shape index (κ1) is 19.9. The van der Waals surface area contributed by atoms with Crippen molar-refractivity contribution < 1.29 is 9.53 Å². The lowest BCUT2D eigenvalue weighted by Crippen LogP contribution is -2.27. The molecular formula is C24H23N3O2S. The number of nitrogens with one attached hydrogen (secondary N) is 1. The van der Waals surface area contributed by atoms with E-state index in [-0.39, 0.29) is 11.9 Å². The fourth-order valence-corrected chi connectivity index (χ4v) is 4.13. The van der Waals surface area contributed by atoms with E-state index in [2.05, 4.69) is 17.4 Å². The fraction of sp³-hybridized carbons (Fsp3) is 0.167. The molecule has 0 unspecified atom stereocenters. The zero-order chi connectivity index (χ0) is 20.9. The minimum atomic E-state index is -0.206. The van der Waals surface area contributed by atoms with Crippen molar-refractivity contribution in [2.24, 2.45) is 0 Å². The molecule has 4 rings (SSSR count). The third-order valence-corrected chi connectivity index (χ3v) is 5.78. The molecule has 6 heteroatoms. The Morgan fingerprint density at radius 2 is 1.87 bits per heavy atom. The lowest BCUT2D eigenvalue weighted by molar-refractivity contribution is 0.0940. The standard InChI is InChI=1S/C24H23N3O2S/c1-17(19-11-6-7-12-21(19)29-2)25-24(28)20-16-27(15-18-9-4-3-5-10-18)26-23(20)22-13-8-14-30-22/h3-14,16-17H,15H2,1-2H3,(H,25,28)/t17-/m1/s1. The van der Waals surface area contributed by atoms with Gasteiger partial charge in [-0.1, -0.05) is 54.6 Å². The lowest BCUT2D eigenvalue weighted by Gasteiger charge is -2.17. The van der Waals surface area contributed by atoms with Crippen LogP contribution in [0.15, 0.2) is 78.3 Å². The Labute approximate surface area is 179 Å². The molecule has 0 saturated heterocycles. The number of methoxy groups -OCH3 is 1. The number of carbonyl (C=O) groups excluding carboxylic acids is 1. The van der Waals surface area contributed by atoms with E-state index < -0.39 is 0 Å². The molecule has 0 spiro atoms. The van der Waals surface area contributed by atoms with Crippen LogP contribution >= 0.6 is 11.3 Å². The predicted molar refractivity (Wildman–Crippen MR) is 120 cm³/mol. The zero-order valence-electron chi connectivity index (χ0n) is 16.9. The lowest BCUT2D eigenvalue weighted by atomic mass is 10.1. The van der Waals surface area contributed by atoms with Gasteiger partial charge in [0.05, 0.1) is 30.1 Å². The molecule has 0 aliphatic rings. The van der Waals surface area contributed by atoms with Crippen LogP contribution in [0, 0.1) is 0 Å². The second-order valence-electron chi connectivity index (χ2n) is 6.99. The van der Waals surface area contributed by atoms with Gasteiger partial charge in [0.1, 0.15) is 11.4 Å². The summed E-state index contributed by atoms with van der Waals surface area (Å²) >= 11 is 1.57. The highest BCUT2D eigenvalue weighted by Crippen LogP contribution is 2.29. The summed E-state index contributed by atoms with van der Waals surface area (Å²) in [5.74, 6) is 0.597. The number of benzene rings is 2. The van der Waals surface area contributed by atoms with Gasteiger partial charge in [-0.25, -0.2) is 0 Å². The molecule has 2 aromatic heterocycles. The summed E-state index contributed by atoms with van der Waals surface area (Å²) in [5.41, 5.74) is 3.33. The Balaban J connectivity index is 1.62. The minimum Gasteiger partial charge on any atom is -0.496 e. The number of rotatable bonds is 7. The predicted octanol–water partition coefficient (Wildman–Crippen LogP) is 5.16. The number of ether oxygens (including phenoxy) is 1. The van der Waals surface area contributed by atoms with E-state index in [0.717, 1.165) is 21.8 Å². The number of aromatic nitrogens is 2. The molecule has 2 heterocycles. The monoisotopic (exact) mass is 417 g/mol. The first-order valence-electron chi connectivity index (χ1n) is 9.74. The van der Waals surface area contributed by atoms with Gasteiger partial charge < -0.3 is 10.1 Å². The van der Waals surface area contributed by atoms with Crippen LogP contribution in [0.3, 0.4) is 0 Å². The van der Waals surface area contributed by atoms with Crippen LogP contribution in [0.25, 0.3) is 10.6 Å². The maximum absolute atomic E-state index is 13.2. The highest BCUT2D eigenvalue weighted by atomic mass is 32.1. The van der Waals surface area contributed by atoms with Crippen molar-refractivity contribution in [3.05, 3.63) is 95.0 Å². The molecule has 1 amide bonds. The van der Waals surface area contributed by atoms with Gasteiger partial charge in [0, 0.05) is 11.8 Å². The Hall–Kier alpha value is -3.38. The Morgan fingerprint density at radius 3 is 2.60 bits per heavy atom. The van der Waals surface area contributed by atoms with Crippen molar-refractivity contribution in [1.29, 1.82) is 0 Å². The summed E-state index contributed by atoms with van der Waals surface area (Å²) in [4.78, 5) is 14.2. The first-order valence-corrected chi connectivity index (χ1v) is 10.6. The molecule has 1 atom stereocenters. The summed E-state index contributed by atoms with van der Waals surface area (Å²) in [5, 5.41) is 9.81. The first-order chi connectivity index (χ1) is 14.7. The van der Waals surface area contributed by atoms with Gasteiger partial charge in [-0.3, -0.25) is 9.48 Å². The molecule has 4 aromatic rings. The normalized spacial score (nSPS) is 11.8. The molecule has 1 N–H and O–H groups in total. The van der Waals surface area contributed by atoms with Crippen LogP contribution < -0.4 is 10.1 Å². The molecule has 152 valence electrons. The molecule has 0 bridgehead atoms. The van der Waals surface area contributed by atoms with Gasteiger partial charge in [-0.15, -0.1) is 11.3 Å². The van der Waals surface area contributed by atoms with Gasteiger partial charge in [0.25, 0.3) is 5.91 Å². The summed E-state index contributed by atoms with van der Waals surface area (Å²) in [6.45, 7) is 2.56. The van der Waals surface area contributed by atoms with E-state index >= 15 is 0 Å². The molecule has 0 aliphatic heterocycles. The molecule has 0 saturated carbocycles. The van der Waals surface area contributed by atoms with E-state index in [1.165, 1.54) is 0 Å². The van der Waals surface area contributed by atoms with Crippen molar-refractivity contribution in [3.63, 3.8) is 0 Å². The SMILES string of the molecule is COc1ccccc1[C@@H](C)NC(=O)c1cn(Cc2ccccc2)nc1-c1cccs1. The number of carbonyl (C=O) groups is 1. The highest BCUT2D eigenvalue weighted by Gasteiger charge is 2.21. The van der Waals surface area contributed by atoms with E-state index in [1.807, 2.05) is 77.8 Å². The molecular weight excluding hydrogens is 394 g/mol. The van der Waals surface area contributed by atoms with E-state index in [9.17, 15) is 4.79 Å². The van der Waals surface area contributed by atoms with E-state index in [1.54, 1.807) is 18.4 Å². The van der Waals surface area contributed by atoms with Crippen LogP contribution in [0.5, 0.6) is 5.75 Å². The third-order valence-electron chi connectivity index (χ3n) is 4.90. The summed E-state index contributed by atoms with van der Waals surface area (Å²) < 4.78 is 7.27. The van der Waals surface area contributed by atoms with Crippen molar-refractivity contribution in [2.45, 2.75) is 19.5 Å². The molecule has 5 nitrogen and oxygen atoms in total. The van der Waals surface area contributed by atoms with E-state index in [4.69, 9.17) is 9.84 Å². The Morgan fingerprint density at radius 1 is 1.10 bits per heavy atom. The van der Waals surface area contributed by atoms with E-state index in [0.29, 0.717) is 17.8 Å². The second-order valence-corrected chi connectivity index (χ2v) is 7.94. The van der Waals surface area contributed by atoms with Gasteiger partial charge in [0.15, 0.2) is 0 Å². The van der Waals surface area contributed by atoms with Crippen LogP contribution in [0.1, 0.15) is 34.5 Å². The number of nitrogens with zero attached hydrogens (tertiary/aromatic N) is 2. The zero-order valence-corrected chi connectivity index (χ0v) is 17.7. The maximum atomic E-state index is 13.2. The quantitative estimate of drug-likeness (QED) is 0.452. The van der Waals surface area contributed by atoms with Crippen LogP contribution in [0.2, 0.25) is 0 Å². The Bertz CT molecular complexity index is 1120. The van der Waals surface area contributed by atoms with Crippen LogP contribution in [-0.2, 0) is 6.54 Å². The van der Waals surface area contributed by atoms with Gasteiger partial charge in [-0.05, 0) is 30.0 Å². The summed E-state index contributed by atoms with van der Waals surface area (Å²) in [7, 11) is 1.63. The summed E-state index contributed by atoms with van der Waals surface area (Å²) in [6.07, 6.45) is 1.83. The van der Waals surface area contributed by atoms with Gasteiger partial charge in [-0.2, -0.15) is 5.10 Å². The van der Waals surface area contributed by atoms with Crippen molar-refractivity contribution >= 4 is 17.2 Å². The number of para-hydroxylation sites is 1. The third kappa shape index (κ3) is 4.28. The fourth-order valence-electron chi connectivity index (χ4n) is 3.41. The molecule has 0 aliphatic carbocycles. The number of thiophene rings is 1. The highest BCUT2D eigenvalue weighted by molar-refractivity contribution is 7.13.